The second-order valence-corrected chi connectivity index (χ2v) is 6.51. The third-order valence-corrected chi connectivity index (χ3v) is 4.30. The van der Waals surface area contributed by atoms with Gasteiger partial charge < -0.3 is 4.74 Å². The molecule has 0 amide bonds. The normalized spacial score (nSPS) is 17.0. The highest BCUT2D eigenvalue weighted by Crippen LogP contribution is 2.42. The van der Waals surface area contributed by atoms with Crippen LogP contribution in [0.3, 0.4) is 0 Å². The van der Waals surface area contributed by atoms with Crippen molar-refractivity contribution in [2.24, 2.45) is 0 Å². The summed E-state index contributed by atoms with van der Waals surface area (Å²) < 4.78 is 6.13. The van der Waals surface area contributed by atoms with Gasteiger partial charge in [-0.2, -0.15) is 0 Å². The Bertz CT molecular complexity index is 697. The van der Waals surface area contributed by atoms with Crippen molar-refractivity contribution in [3.63, 3.8) is 0 Å². The number of ether oxygens (including phenoxy) is 1. The molecule has 21 heavy (non-hydrogen) atoms. The Morgan fingerprint density at radius 3 is 2.52 bits per heavy atom. The van der Waals surface area contributed by atoms with Crippen LogP contribution in [-0.4, -0.2) is 25.2 Å². The van der Waals surface area contributed by atoms with Crippen molar-refractivity contribution in [3.05, 3.63) is 51.5 Å². The number of fused-ring (bicyclic) bond motifs is 1. The molecule has 2 aromatic rings. The van der Waals surface area contributed by atoms with E-state index in [0.29, 0.717) is 10.0 Å². The molecule has 4 heteroatoms. The van der Waals surface area contributed by atoms with Crippen LogP contribution in [0.5, 0.6) is 5.75 Å². The second-order valence-electron chi connectivity index (χ2n) is 5.67. The maximum absolute atomic E-state index is 6.37. The Hall–Kier alpha value is -1.22. The van der Waals surface area contributed by atoms with Crippen molar-refractivity contribution < 1.29 is 4.74 Å². The van der Waals surface area contributed by atoms with E-state index in [2.05, 4.69) is 24.0 Å². The number of hydrogen-bond donors (Lipinski definition) is 0. The van der Waals surface area contributed by atoms with E-state index in [9.17, 15) is 0 Å². The lowest BCUT2D eigenvalue weighted by molar-refractivity contribution is 0.0866. The van der Waals surface area contributed by atoms with Crippen molar-refractivity contribution in [3.8, 4) is 16.9 Å². The van der Waals surface area contributed by atoms with Gasteiger partial charge in [-0.25, -0.2) is 0 Å². The first-order valence-electron chi connectivity index (χ1n) is 6.87. The maximum atomic E-state index is 6.37. The van der Waals surface area contributed by atoms with E-state index in [1.807, 2.05) is 26.2 Å². The summed E-state index contributed by atoms with van der Waals surface area (Å²) in [6, 6.07) is 9.88. The van der Waals surface area contributed by atoms with Crippen LogP contribution in [0.15, 0.2) is 30.3 Å². The van der Waals surface area contributed by atoms with Crippen molar-refractivity contribution in [1.82, 2.24) is 4.90 Å². The van der Waals surface area contributed by atoms with Gasteiger partial charge in [0.25, 0.3) is 0 Å². The second kappa shape index (κ2) is 5.53. The fourth-order valence-electron chi connectivity index (χ4n) is 2.70. The van der Waals surface area contributed by atoms with E-state index in [1.165, 1.54) is 11.1 Å². The molecule has 0 bridgehead atoms. The summed E-state index contributed by atoms with van der Waals surface area (Å²) in [6.07, 6.45) is 0.967. The van der Waals surface area contributed by atoms with Gasteiger partial charge in [0.1, 0.15) is 5.75 Å². The fourth-order valence-corrected chi connectivity index (χ4v) is 3.21. The monoisotopic (exact) mass is 321 g/mol. The van der Waals surface area contributed by atoms with Gasteiger partial charge in [0.15, 0.2) is 6.23 Å². The van der Waals surface area contributed by atoms with Gasteiger partial charge in [-0.15, -0.1) is 0 Å². The number of halogens is 2. The zero-order valence-corrected chi connectivity index (χ0v) is 13.8. The predicted molar refractivity (Wildman–Crippen MR) is 88.4 cm³/mol. The quantitative estimate of drug-likeness (QED) is 0.788. The molecule has 110 valence electrons. The molecule has 0 saturated heterocycles. The lowest BCUT2D eigenvalue weighted by atomic mass is 9.98. The molecule has 1 atom stereocenters. The molecular weight excluding hydrogens is 305 g/mol. The van der Waals surface area contributed by atoms with Gasteiger partial charge in [0.05, 0.1) is 5.02 Å². The van der Waals surface area contributed by atoms with Crippen molar-refractivity contribution in [2.45, 2.75) is 19.6 Å². The molecule has 1 aliphatic rings. The minimum Gasteiger partial charge on any atom is -0.474 e. The van der Waals surface area contributed by atoms with E-state index in [1.54, 1.807) is 6.07 Å². The van der Waals surface area contributed by atoms with Gasteiger partial charge in [0, 0.05) is 28.1 Å². The van der Waals surface area contributed by atoms with Gasteiger partial charge in [-0.3, -0.25) is 4.90 Å². The van der Waals surface area contributed by atoms with Crippen LogP contribution in [0.4, 0.5) is 0 Å². The number of rotatable bonds is 2. The molecule has 0 saturated carbocycles. The van der Waals surface area contributed by atoms with E-state index in [-0.39, 0.29) is 6.23 Å². The maximum Gasteiger partial charge on any atom is 0.156 e. The molecule has 0 aromatic heterocycles. The smallest absolute Gasteiger partial charge is 0.156 e. The van der Waals surface area contributed by atoms with Crippen LogP contribution < -0.4 is 4.74 Å². The Balaban J connectivity index is 2.13. The average Bonchev–Trinajstić information content (AvgIpc) is 2.82. The molecular formula is C17H17Cl2NO. The van der Waals surface area contributed by atoms with Crippen LogP contribution in [0.2, 0.25) is 10.0 Å². The summed E-state index contributed by atoms with van der Waals surface area (Å²) in [4.78, 5) is 2.09. The fraction of sp³-hybridized carbons (Fsp3) is 0.294. The predicted octanol–water partition coefficient (Wildman–Crippen LogP) is 4.79. The average molecular weight is 322 g/mol. The molecule has 0 spiro atoms. The summed E-state index contributed by atoms with van der Waals surface area (Å²) in [5.74, 6) is 0.934. The van der Waals surface area contributed by atoms with Crippen LogP contribution in [0.25, 0.3) is 11.1 Å². The molecule has 1 aliphatic heterocycles. The summed E-state index contributed by atoms with van der Waals surface area (Å²) in [5, 5.41) is 1.28. The SMILES string of the molecule is Cc1cc2c(c(-c3ccc(Cl)cc3Cl)c1)OC(N(C)C)C2. The summed E-state index contributed by atoms with van der Waals surface area (Å²) in [7, 11) is 4.05. The third-order valence-electron chi connectivity index (χ3n) is 3.76. The molecule has 0 N–H and O–H groups in total. The standard InChI is InChI=1S/C17H17Cl2NO/c1-10-6-11-8-16(20(2)3)21-17(11)14(7-10)13-5-4-12(18)9-15(13)19/h4-7,9,16H,8H2,1-3H3. The minimum absolute atomic E-state index is 0.0756. The number of likely N-dealkylation sites (N-methyl/N-ethyl adjacent to an activating group) is 1. The van der Waals surface area contributed by atoms with Crippen LogP contribution in [-0.2, 0) is 6.42 Å². The van der Waals surface area contributed by atoms with E-state index < -0.39 is 0 Å². The van der Waals surface area contributed by atoms with E-state index >= 15 is 0 Å². The van der Waals surface area contributed by atoms with Crippen LogP contribution >= 0.6 is 23.2 Å². The Morgan fingerprint density at radius 1 is 1.10 bits per heavy atom. The number of hydrogen-bond acceptors (Lipinski definition) is 2. The van der Waals surface area contributed by atoms with Crippen molar-refractivity contribution in [1.29, 1.82) is 0 Å². The van der Waals surface area contributed by atoms with Gasteiger partial charge in [0.2, 0.25) is 0 Å². The summed E-state index contributed by atoms with van der Waals surface area (Å²) in [5.41, 5.74) is 4.43. The van der Waals surface area contributed by atoms with Gasteiger partial charge in [-0.05, 0) is 44.8 Å². The Labute approximate surface area is 135 Å². The molecule has 0 aliphatic carbocycles. The Kier molecular flexibility index (Phi) is 3.87. The molecule has 0 radical (unpaired) electrons. The zero-order valence-electron chi connectivity index (χ0n) is 12.3. The highest BCUT2D eigenvalue weighted by Gasteiger charge is 2.28. The minimum atomic E-state index is 0.0756. The topological polar surface area (TPSA) is 12.5 Å². The number of nitrogens with zero attached hydrogens (tertiary/aromatic N) is 1. The summed E-state index contributed by atoms with van der Waals surface area (Å²) in [6.45, 7) is 2.09. The summed E-state index contributed by atoms with van der Waals surface area (Å²) >= 11 is 12.4. The van der Waals surface area contributed by atoms with Crippen LogP contribution in [0.1, 0.15) is 11.1 Å². The first kappa shape index (κ1) is 14.7. The van der Waals surface area contributed by atoms with E-state index in [0.717, 1.165) is 23.3 Å². The Morgan fingerprint density at radius 2 is 1.86 bits per heavy atom. The van der Waals surface area contributed by atoms with Gasteiger partial charge in [-0.1, -0.05) is 35.3 Å². The first-order chi connectivity index (χ1) is 9.95. The highest BCUT2D eigenvalue weighted by molar-refractivity contribution is 6.36. The zero-order chi connectivity index (χ0) is 15.1. The molecule has 2 aromatic carbocycles. The first-order valence-corrected chi connectivity index (χ1v) is 7.63. The molecule has 1 unspecified atom stereocenters. The lowest BCUT2D eigenvalue weighted by Crippen LogP contribution is -2.31. The number of aryl methyl sites for hydroxylation is 1. The molecule has 0 fully saturated rings. The van der Waals surface area contributed by atoms with Crippen molar-refractivity contribution >= 4 is 23.2 Å². The number of benzene rings is 2. The van der Waals surface area contributed by atoms with E-state index in [4.69, 9.17) is 27.9 Å². The highest BCUT2D eigenvalue weighted by atomic mass is 35.5. The van der Waals surface area contributed by atoms with Gasteiger partial charge >= 0.3 is 0 Å². The van der Waals surface area contributed by atoms with Crippen molar-refractivity contribution in [2.75, 3.05) is 14.1 Å². The molecule has 3 rings (SSSR count). The third kappa shape index (κ3) is 2.76. The lowest BCUT2D eigenvalue weighted by Gasteiger charge is -2.19. The largest absolute Gasteiger partial charge is 0.474 e. The molecule has 1 heterocycles. The van der Waals surface area contributed by atoms with Crippen LogP contribution in [0, 0.1) is 6.92 Å². The molecule has 2 nitrogen and oxygen atoms in total.